The fourth-order valence-electron chi connectivity index (χ4n) is 3.34. The number of nitrogens with one attached hydrogen (secondary N) is 1. The zero-order valence-electron chi connectivity index (χ0n) is 17.2. The highest BCUT2D eigenvalue weighted by Gasteiger charge is 2.25. The average molecular weight is 383 g/mol. The fourth-order valence-corrected chi connectivity index (χ4v) is 3.34. The molecule has 1 fully saturated rings. The molecule has 0 radical (unpaired) electrons. The fraction of sp³-hybridized carbons (Fsp3) is 0.476. The number of carbonyl (C=O) groups excluding carboxylic acids is 1. The summed E-state index contributed by atoms with van der Waals surface area (Å²) >= 11 is 0. The maximum absolute atomic E-state index is 12.5. The quantitative estimate of drug-likeness (QED) is 0.826. The monoisotopic (exact) mass is 382 g/mol. The Morgan fingerprint density at radius 1 is 1.00 bits per heavy atom. The zero-order chi connectivity index (χ0) is 20.1. The summed E-state index contributed by atoms with van der Waals surface area (Å²) in [5.74, 6) is 1.93. The highest BCUT2D eigenvalue weighted by Crippen LogP contribution is 2.22. The highest BCUT2D eigenvalue weighted by molar-refractivity contribution is 5.79. The van der Waals surface area contributed by atoms with Crippen LogP contribution < -0.4 is 20.0 Å². The van der Waals surface area contributed by atoms with Crippen LogP contribution in [0.5, 0.6) is 0 Å². The second kappa shape index (κ2) is 8.91. The molecule has 3 rings (SSSR count). The molecule has 1 aromatic heterocycles. The van der Waals surface area contributed by atoms with Crippen LogP contribution in [0.3, 0.4) is 0 Å². The van der Waals surface area contributed by atoms with Crippen LogP contribution in [0.2, 0.25) is 0 Å². The van der Waals surface area contributed by atoms with Crippen molar-refractivity contribution in [1.29, 1.82) is 0 Å². The lowest BCUT2D eigenvalue weighted by Gasteiger charge is -2.32. The number of aromatic nitrogens is 2. The van der Waals surface area contributed by atoms with Gasteiger partial charge in [0.15, 0.2) is 11.6 Å². The summed E-state index contributed by atoms with van der Waals surface area (Å²) in [6, 6.07) is 12.2. The van der Waals surface area contributed by atoms with Crippen LogP contribution in [-0.4, -0.2) is 57.4 Å². The van der Waals surface area contributed by atoms with Gasteiger partial charge in [0.25, 0.3) is 0 Å². The third-order valence-electron chi connectivity index (χ3n) is 5.20. The molecule has 1 aromatic carbocycles. The Balaban J connectivity index is 1.47. The molecule has 7 nitrogen and oxygen atoms in total. The Morgan fingerprint density at radius 2 is 1.68 bits per heavy atom. The lowest BCUT2D eigenvalue weighted by molar-refractivity contribution is -0.125. The Bertz CT molecular complexity index is 764. The first-order valence-electron chi connectivity index (χ1n) is 9.74. The van der Waals surface area contributed by atoms with Gasteiger partial charge in [-0.15, -0.1) is 10.2 Å². The lowest BCUT2D eigenvalue weighted by atomic mass is 9.96. The number of rotatable bonds is 6. The van der Waals surface area contributed by atoms with Gasteiger partial charge in [-0.1, -0.05) is 12.1 Å². The minimum Gasteiger partial charge on any atom is -0.378 e. The molecule has 0 aliphatic carbocycles. The standard InChI is InChI=1S/C21H30N6O/c1-25(2)18-7-5-16(6-8-18)15-22-21(28)17-11-13-27(14-12-17)20-10-9-19(23-24-20)26(3)4/h5-10,17H,11-15H2,1-4H3,(H,22,28). The maximum atomic E-state index is 12.5. The van der Waals surface area contributed by atoms with E-state index in [4.69, 9.17) is 0 Å². The molecule has 1 aliphatic rings. The molecule has 1 aliphatic heterocycles. The van der Waals surface area contributed by atoms with Gasteiger partial charge in [-0.05, 0) is 42.7 Å². The number of carbonyl (C=O) groups is 1. The second-order valence-corrected chi connectivity index (χ2v) is 7.68. The lowest BCUT2D eigenvalue weighted by Crippen LogP contribution is -2.40. The third kappa shape index (κ3) is 4.91. The number of amides is 1. The Hall–Kier alpha value is -2.83. The number of piperidine rings is 1. The van der Waals surface area contributed by atoms with Gasteiger partial charge in [0, 0.05) is 59.4 Å². The van der Waals surface area contributed by atoms with Crippen LogP contribution >= 0.6 is 0 Å². The predicted molar refractivity (Wildman–Crippen MR) is 114 cm³/mol. The molecule has 1 amide bonds. The third-order valence-corrected chi connectivity index (χ3v) is 5.20. The molecule has 28 heavy (non-hydrogen) atoms. The van der Waals surface area contributed by atoms with Crippen molar-refractivity contribution < 1.29 is 4.79 Å². The Morgan fingerprint density at radius 3 is 2.21 bits per heavy atom. The van der Waals surface area contributed by atoms with Gasteiger partial charge < -0.3 is 20.0 Å². The first kappa shape index (κ1) is 19.9. The predicted octanol–water partition coefficient (Wildman–Crippen LogP) is 2.14. The molecule has 0 atom stereocenters. The van der Waals surface area contributed by atoms with E-state index >= 15 is 0 Å². The van der Waals surface area contributed by atoms with E-state index in [2.05, 4.69) is 49.6 Å². The topological polar surface area (TPSA) is 64.6 Å². The molecule has 0 unspecified atom stereocenters. The van der Waals surface area contributed by atoms with Crippen LogP contribution in [0.1, 0.15) is 18.4 Å². The summed E-state index contributed by atoms with van der Waals surface area (Å²) in [6.45, 7) is 2.22. The van der Waals surface area contributed by atoms with E-state index in [0.29, 0.717) is 6.54 Å². The van der Waals surface area contributed by atoms with Crippen LogP contribution in [0.15, 0.2) is 36.4 Å². The van der Waals surface area contributed by atoms with Gasteiger partial charge in [-0.3, -0.25) is 4.79 Å². The molecule has 0 spiro atoms. The summed E-state index contributed by atoms with van der Waals surface area (Å²) in [6.07, 6.45) is 1.67. The van der Waals surface area contributed by atoms with Crippen LogP contribution in [0.25, 0.3) is 0 Å². The smallest absolute Gasteiger partial charge is 0.223 e. The summed E-state index contributed by atoms with van der Waals surface area (Å²) in [7, 11) is 7.94. The van der Waals surface area contributed by atoms with Crippen LogP contribution in [0, 0.1) is 5.92 Å². The van der Waals surface area contributed by atoms with Crippen LogP contribution in [0.4, 0.5) is 17.3 Å². The number of anilines is 3. The first-order valence-corrected chi connectivity index (χ1v) is 9.74. The van der Waals surface area contributed by atoms with Crippen molar-refractivity contribution in [3.8, 4) is 0 Å². The summed E-state index contributed by atoms with van der Waals surface area (Å²) < 4.78 is 0. The minimum atomic E-state index is 0.0614. The molecule has 2 aromatic rings. The number of hydrogen-bond donors (Lipinski definition) is 1. The summed E-state index contributed by atoms with van der Waals surface area (Å²) in [4.78, 5) is 18.7. The Kier molecular flexibility index (Phi) is 6.34. The van der Waals surface area contributed by atoms with Crippen molar-refractivity contribution >= 4 is 23.2 Å². The molecule has 2 heterocycles. The van der Waals surface area contributed by atoms with E-state index < -0.39 is 0 Å². The van der Waals surface area contributed by atoms with E-state index in [1.165, 1.54) is 0 Å². The van der Waals surface area contributed by atoms with Gasteiger partial charge >= 0.3 is 0 Å². The molecular weight excluding hydrogens is 352 g/mol. The molecule has 1 N–H and O–H groups in total. The van der Waals surface area contributed by atoms with Crippen molar-refractivity contribution in [2.24, 2.45) is 5.92 Å². The number of nitrogens with zero attached hydrogens (tertiary/aromatic N) is 5. The normalized spacial score (nSPS) is 14.6. The van der Waals surface area contributed by atoms with Gasteiger partial charge in [0.1, 0.15) is 0 Å². The van der Waals surface area contributed by atoms with Crippen molar-refractivity contribution in [1.82, 2.24) is 15.5 Å². The summed E-state index contributed by atoms with van der Waals surface area (Å²) in [5, 5.41) is 11.6. The molecule has 1 saturated heterocycles. The number of benzene rings is 1. The minimum absolute atomic E-state index is 0.0614. The Labute approximate surface area is 167 Å². The van der Waals surface area contributed by atoms with Gasteiger partial charge in [0.05, 0.1) is 0 Å². The number of hydrogen-bond acceptors (Lipinski definition) is 6. The maximum Gasteiger partial charge on any atom is 0.223 e. The molecule has 150 valence electrons. The van der Waals surface area contributed by atoms with E-state index in [1.54, 1.807) is 0 Å². The van der Waals surface area contributed by atoms with Gasteiger partial charge in [-0.2, -0.15) is 0 Å². The molecule has 7 heteroatoms. The second-order valence-electron chi connectivity index (χ2n) is 7.68. The molecule has 0 bridgehead atoms. The van der Waals surface area contributed by atoms with Crippen molar-refractivity contribution in [3.05, 3.63) is 42.0 Å². The largest absolute Gasteiger partial charge is 0.378 e. The van der Waals surface area contributed by atoms with Gasteiger partial charge in [0.2, 0.25) is 5.91 Å². The average Bonchev–Trinajstić information content (AvgIpc) is 2.72. The first-order chi connectivity index (χ1) is 13.4. The summed E-state index contributed by atoms with van der Waals surface area (Å²) in [5.41, 5.74) is 2.27. The van der Waals surface area contributed by atoms with Crippen molar-refractivity contribution in [2.75, 3.05) is 56.0 Å². The van der Waals surface area contributed by atoms with E-state index in [9.17, 15) is 4.79 Å². The van der Waals surface area contributed by atoms with Gasteiger partial charge in [-0.25, -0.2) is 0 Å². The zero-order valence-corrected chi connectivity index (χ0v) is 17.2. The molecular formula is C21H30N6O. The SMILES string of the molecule is CN(C)c1ccc(CNC(=O)C2CCN(c3ccc(N(C)C)nn3)CC2)cc1. The van der Waals surface area contributed by atoms with Crippen LogP contribution in [-0.2, 0) is 11.3 Å². The van der Waals surface area contributed by atoms with Crippen molar-refractivity contribution in [2.45, 2.75) is 19.4 Å². The van der Waals surface area contributed by atoms with E-state index in [-0.39, 0.29) is 11.8 Å². The molecule has 0 saturated carbocycles. The van der Waals surface area contributed by atoms with Crippen molar-refractivity contribution in [3.63, 3.8) is 0 Å². The van der Waals surface area contributed by atoms with E-state index in [0.717, 1.165) is 48.8 Å². The van der Waals surface area contributed by atoms with E-state index in [1.807, 2.05) is 45.2 Å². The highest BCUT2D eigenvalue weighted by atomic mass is 16.1.